The minimum absolute atomic E-state index is 0.125. The Labute approximate surface area is 129 Å². The van der Waals surface area contributed by atoms with E-state index in [1.807, 2.05) is 37.3 Å². The highest BCUT2D eigenvalue weighted by Crippen LogP contribution is 2.14. The maximum atomic E-state index is 12.6. The number of aryl methyl sites for hydroxylation is 1. The van der Waals surface area contributed by atoms with Crippen molar-refractivity contribution < 1.29 is 14.0 Å². The molecule has 1 aromatic carbocycles. The molecule has 0 atom stereocenters. The Hall–Kier alpha value is -2.56. The van der Waals surface area contributed by atoms with E-state index in [1.54, 1.807) is 17.0 Å². The van der Waals surface area contributed by atoms with Crippen LogP contribution in [0.2, 0.25) is 0 Å². The lowest BCUT2D eigenvalue weighted by Gasteiger charge is -2.21. The van der Waals surface area contributed by atoms with Gasteiger partial charge in [0.15, 0.2) is 5.76 Å². The van der Waals surface area contributed by atoms with Gasteiger partial charge in [-0.15, -0.1) is 0 Å². The highest BCUT2D eigenvalue weighted by Gasteiger charge is 2.20. The third-order valence-corrected chi connectivity index (χ3v) is 3.35. The van der Waals surface area contributed by atoms with Gasteiger partial charge in [-0.05, 0) is 17.7 Å². The number of furan rings is 1. The zero-order valence-corrected chi connectivity index (χ0v) is 12.6. The first-order valence-corrected chi connectivity index (χ1v) is 7.30. The van der Waals surface area contributed by atoms with Gasteiger partial charge in [-0.25, -0.2) is 0 Å². The van der Waals surface area contributed by atoms with Crippen LogP contribution in [-0.4, -0.2) is 23.3 Å². The van der Waals surface area contributed by atoms with Crippen LogP contribution in [0.25, 0.3) is 0 Å². The van der Waals surface area contributed by atoms with Gasteiger partial charge < -0.3 is 15.1 Å². The molecule has 0 spiro atoms. The molecule has 2 rings (SSSR count). The van der Waals surface area contributed by atoms with E-state index in [0.29, 0.717) is 6.54 Å². The summed E-state index contributed by atoms with van der Waals surface area (Å²) in [5.41, 5.74) is 6.19. The summed E-state index contributed by atoms with van der Waals surface area (Å²) >= 11 is 0. The molecular formula is C17H20N2O3. The highest BCUT2D eigenvalue weighted by molar-refractivity contribution is 5.91. The van der Waals surface area contributed by atoms with Gasteiger partial charge >= 0.3 is 0 Å². The molecule has 1 aromatic heterocycles. The van der Waals surface area contributed by atoms with Gasteiger partial charge in [0.2, 0.25) is 5.91 Å². The molecule has 5 nitrogen and oxygen atoms in total. The van der Waals surface area contributed by atoms with Crippen molar-refractivity contribution in [2.24, 2.45) is 5.73 Å². The van der Waals surface area contributed by atoms with Crippen LogP contribution in [0.15, 0.2) is 46.9 Å². The summed E-state index contributed by atoms with van der Waals surface area (Å²) in [7, 11) is 0. The molecule has 5 heteroatoms. The van der Waals surface area contributed by atoms with Crippen LogP contribution in [0.3, 0.4) is 0 Å². The van der Waals surface area contributed by atoms with Crippen LogP contribution in [0.1, 0.15) is 35.2 Å². The number of carbonyl (C=O) groups excluding carboxylic acids is 2. The van der Waals surface area contributed by atoms with Gasteiger partial charge in [-0.3, -0.25) is 9.59 Å². The van der Waals surface area contributed by atoms with Crippen molar-refractivity contribution in [1.82, 2.24) is 4.90 Å². The monoisotopic (exact) mass is 300 g/mol. The summed E-state index contributed by atoms with van der Waals surface area (Å²) in [6.45, 7) is 2.64. The molecule has 0 aliphatic carbocycles. The van der Waals surface area contributed by atoms with Crippen molar-refractivity contribution in [2.45, 2.75) is 26.3 Å². The Balaban J connectivity index is 2.15. The first kappa shape index (κ1) is 15.8. The number of benzene rings is 1. The van der Waals surface area contributed by atoms with E-state index < -0.39 is 5.91 Å². The van der Waals surface area contributed by atoms with Crippen molar-refractivity contribution in [3.63, 3.8) is 0 Å². The molecule has 2 N–H and O–H groups in total. The molecular weight excluding hydrogens is 280 g/mol. The first-order valence-electron chi connectivity index (χ1n) is 7.30. The molecule has 2 amide bonds. The number of rotatable bonds is 7. The van der Waals surface area contributed by atoms with Gasteiger partial charge in [0.25, 0.3) is 5.91 Å². The molecule has 0 radical (unpaired) electrons. The van der Waals surface area contributed by atoms with E-state index in [2.05, 4.69) is 0 Å². The van der Waals surface area contributed by atoms with E-state index >= 15 is 0 Å². The topological polar surface area (TPSA) is 76.5 Å². The second-order valence-electron chi connectivity index (χ2n) is 5.05. The zero-order valence-electron chi connectivity index (χ0n) is 12.6. The summed E-state index contributed by atoms with van der Waals surface area (Å²) in [6, 6.07) is 13.1. The summed E-state index contributed by atoms with van der Waals surface area (Å²) in [6.07, 6.45) is 0.854. The largest absolute Gasteiger partial charge is 0.456 e. The SMILES string of the molecule is CCc1ccc(C(=O)N(CCC(N)=O)Cc2ccccc2)o1. The van der Waals surface area contributed by atoms with Crippen LogP contribution in [-0.2, 0) is 17.8 Å². The molecule has 116 valence electrons. The van der Waals surface area contributed by atoms with Crippen LogP contribution in [0.4, 0.5) is 0 Å². The Morgan fingerprint density at radius 3 is 2.45 bits per heavy atom. The normalized spacial score (nSPS) is 10.4. The fourth-order valence-electron chi connectivity index (χ4n) is 2.14. The second-order valence-corrected chi connectivity index (χ2v) is 5.05. The van der Waals surface area contributed by atoms with Crippen LogP contribution in [0, 0.1) is 0 Å². The first-order chi connectivity index (χ1) is 10.6. The number of hydrogen-bond donors (Lipinski definition) is 1. The maximum Gasteiger partial charge on any atom is 0.289 e. The lowest BCUT2D eigenvalue weighted by molar-refractivity contribution is -0.118. The van der Waals surface area contributed by atoms with Crippen molar-refractivity contribution >= 4 is 11.8 Å². The Morgan fingerprint density at radius 2 is 1.86 bits per heavy atom. The predicted octanol–water partition coefficient (Wildman–Crippen LogP) is 2.36. The lowest BCUT2D eigenvalue weighted by atomic mass is 10.2. The van der Waals surface area contributed by atoms with Crippen LogP contribution >= 0.6 is 0 Å². The number of carbonyl (C=O) groups is 2. The zero-order chi connectivity index (χ0) is 15.9. The summed E-state index contributed by atoms with van der Waals surface area (Å²) < 4.78 is 5.51. The third-order valence-electron chi connectivity index (χ3n) is 3.35. The van der Waals surface area contributed by atoms with Gasteiger partial charge in [-0.1, -0.05) is 37.3 Å². The molecule has 2 aromatic rings. The average molecular weight is 300 g/mol. The van der Waals surface area contributed by atoms with E-state index in [4.69, 9.17) is 10.2 Å². The molecule has 0 aliphatic heterocycles. The van der Waals surface area contributed by atoms with Gasteiger partial charge in [0, 0.05) is 25.9 Å². The fraction of sp³-hybridized carbons (Fsp3) is 0.294. The molecule has 0 aliphatic rings. The molecule has 0 fully saturated rings. The summed E-state index contributed by atoms with van der Waals surface area (Å²) in [4.78, 5) is 25.2. The average Bonchev–Trinajstić information content (AvgIpc) is 3.00. The molecule has 22 heavy (non-hydrogen) atoms. The smallest absolute Gasteiger partial charge is 0.289 e. The van der Waals surface area contributed by atoms with Crippen molar-refractivity contribution in [2.75, 3.05) is 6.54 Å². The maximum absolute atomic E-state index is 12.6. The summed E-state index contributed by atoms with van der Waals surface area (Å²) in [5, 5.41) is 0. The van der Waals surface area contributed by atoms with E-state index in [9.17, 15) is 9.59 Å². The van der Waals surface area contributed by atoms with Gasteiger partial charge in [-0.2, -0.15) is 0 Å². The van der Waals surface area contributed by atoms with Crippen molar-refractivity contribution in [3.05, 3.63) is 59.5 Å². The number of hydrogen-bond acceptors (Lipinski definition) is 3. The Bertz CT molecular complexity index is 634. The minimum atomic E-state index is -0.431. The predicted molar refractivity (Wildman–Crippen MR) is 83.1 cm³/mol. The Morgan fingerprint density at radius 1 is 1.14 bits per heavy atom. The van der Waals surface area contributed by atoms with E-state index in [-0.39, 0.29) is 24.6 Å². The number of nitrogens with zero attached hydrogens (tertiary/aromatic N) is 1. The van der Waals surface area contributed by atoms with Crippen LogP contribution in [0.5, 0.6) is 0 Å². The molecule has 1 heterocycles. The van der Waals surface area contributed by atoms with Gasteiger partial charge in [0.05, 0.1) is 0 Å². The molecule has 0 saturated carbocycles. The minimum Gasteiger partial charge on any atom is -0.456 e. The fourth-order valence-corrected chi connectivity index (χ4v) is 2.14. The standard InChI is InChI=1S/C17H20N2O3/c1-2-14-8-9-15(22-14)17(21)19(11-10-16(18)20)12-13-6-4-3-5-7-13/h3-9H,2,10-12H2,1H3,(H2,18,20). The third kappa shape index (κ3) is 4.22. The number of amides is 2. The molecule has 0 bridgehead atoms. The van der Waals surface area contributed by atoms with E-state index in [0.717, 1.165) is 17.7 Å². The Kier molecular flexibility index (Phi) is 5.36. The van der Waals surface area contributed by atoms with Crippen molar-refractivity contribution in [3.8, 4) is 0 Å². The van der Waals surface area contributed by atoms with Crippen LogP contribution < -0.4 is 5.73 Å². The number of nitrogens with two attached hydrogens (primary N) is 1. The number of primary amides is 1. The van der Waals surface area contributed by atoms with Gasteiger partial charge in [0.1, 0.15) is 5.76 Å². The second kappa shape index (κ2) is 7.45. The van der Waals surface area contributed by atoms with E-state index in [1.165, 1.54) is 0 Å². The lowest BCUT2D eigenvalue weighted by Crippen LogP contribution is -2.33. The highest BCUT2D eigenvalue weighted by atomic mass is 16.4. The summed E-state index contributed by atoms with van der Waals surface area (Å²) in [5.74, 6) is 0.388. The molecule has 0 saturated heterocycles. The van der Waals surface area contributed by atoms with Crippen molar-refractivity contribution in [1.29, 1.82) is 0 Å². The quantitative estimate of drug-likeness (QED) is 0.852. The molecule has 0 unspecified atom stereocenters.